The van der Waals surface area contributed by atoms with Gasteiger partial charge in [-0.2, -0.15) is 10.5 Å². The summed E-state index contributed by atoms with van der Waals surface area (Å²) in [5.74, 6) is 0.607. The first-order valence-corrected chi connectivity index (χ1v) is 5.52. The van der Waals surface area contributed by atoms with Gasteiger partial charge in [-0.1, -0.05) is 0 Å². The van der Waals surface area contributed by atoms with Gasteiger partial charge in [0.15, 0.2) is 0 Å². The maximum Gasteiger partial charge on any atom is 0.120 e. The molecule has 1 aromatic carbocycles. The van der Waals surface area contributed by atoms with E-state index in [0.29, 0.717) is 23.5 Å². The fraction of sp³-hybridized carbons (Fsp3) is 0.385. The van der Waals surface area contributed by atoms with E-state index in [-0.39, 0.29) is 6.10 Å². The molecule has 0 spiro atoms. The van der Waals surface area contributed by atoms with Crippen LogP contribution in [0.2, 0.25) is 0 Å². The van der Waals surface area contributed by atoms with Gasteiger partial charge in [-0.05, 0) is 31.0 Å². The fourth-order valence-electron chi connectivity index (χ4n) is 1.77. The van der Waals surface area contributed by atoms with Crippen LogP contribution in [0.1, 0.15) is 24.0 Å². The summed E-state index contributed by atoms with van der Waals surface area (Å²) in [6.45, 7) is 1.29. The molecular formula is C13H12N2O2. The number of nitrogens with zero attached hydrogens (tertiary/aromatic N) is 2. The summed E-state index contributed by atoms with van der Waals surface area (Å²) < 4.78 is 11.0. The van der Waals surface area contributed by atoms with Crippen molar-refractivity contribution in [3.05, 3.63) is 29.3 Å². The molecule has 1 unspecified atom stereocenters. The molecule has 0 N–H and O–H groups in total. The monoisotopic (exact) mass is 228 g/mol. The highest BCUT2D eigenvalue weighted by molar-refractivity contribution is 5.49. The van der Waals surface area contributed by atoms with Crippen molar-refractivity contribution >= 4 is 0 Å². The lowest BCUT2D eigenvalue weighted by atomic mass is 10.1. The smallest absolute Gasteiger partial charge is 0.120 e. The first kappa shape index (κ1) is 11.4. The highest BCUT2D eigenvalue weighted by Crippen LogP contribution is 2.19. The molecular weight excluding hydrogens is 216 g/mol. The van der Waals surface area contributed by atoms with Crippen molar-refractivity contribution in [3.63, 3.8) is 0 Å². The zero-order valence-electron chi connectivity index (χ0n) is 9.35. The van der Waals surface area contributed by atoms with Gasteiger partial charge in [-0.25, -0.2) is 0 Å². The molecule has 0 bridgehead atoms. The minimum Gasteiger partial charge on any atom is -0.491 e. The number of hydrogen-bond acceptors (Lipinski definition) is 4. The van der Waals surface area contributed by atoms with E-state index in [1.807, 2.05) is 12.1 Å². The second kappa shape index (κ2) is 5.34. The number of ether oxygens (including phenoxy) is 2. The third-order valence-corrected chi connectivity index (χ3v) is 2.69. The Morgan fingerprint density at radius 1 is 1.29 bits per heavy atom. The lowest BCUT2D eigenvalue weighted by Crippen LogP contribution is -2.16. The summed E-state index contributed by atoms with van der Waals surface area (Å²) in [5.41, 5.74) is 0.717. The Kier molecular flexibility index (Phi) is 3.59. The molecule has 1 fully saturated rings. The standard InChI is InChI=1S/C13H12N2O2/c14-7-10-3-4-12(6-11(10)8-15)17-9-13-2-1-5-16-13/h3-4,6,13H,1-2,5,9H2. The maximum absolute atomic E-state index is 8.87. The number of nitriles is 2. The number of rotatable bonds is 3. The Bertz CT molecular complexity index is 479. The molecule has 86 valence electrons. The predicted octanol–water partition coefficient (Wildman–Crippen LogP) is 1.99. The van der Waals surface area contributed by atoms with E-state index in [1.165, 1.54) is 0 Å². The fourth-order valence-corrected chi connectivity index (χ4v) is 1.77. The molecule has 0 amide bonds. The quantitative estimate of drug-likeness (QED) is 0.793. The van der Waals surface area contributed by atoms with Gasteiger partial charge in [0.1, 0.15) is 24.5 Å². The Balaban J connectivity index is 2.02. The largest absolute Gasteiger partial charge is 0.491 e. The van der Waals surface area contributed by atoms with Crippen LogP contribution in [0.3, 0.4) is 0 Å². The van der Waals surface area contributed by atoms with E-state index in [0.717, 1.165) is 19.4 Å². The Hall–Kier alpha value is -2.04. The van der Waals surface area contributed by atoms with Gasteiger partial charge in [0.05, 0.1) is 17.2 Å². The minimum absolute atomic E-state index is 0.149. The van der Waals surface area contributed by atoms with Crippen molar-refractivity contribution < 1.29 is 9.47 Å². The zero-order valence-corrected chi connectivity index (χ0v) is 9.35. The van der Waals surface area contributed by atoms with Gasteiger partial charge >= 0.3 is 0 Å². The van der Waals surface area contributed by atoms with Gasteiger partial charge in [0.25, 0.3) is 0 Å². The maximum atomic E-state index is 8.87. The molecule has 0 aromatic heterocycles. The van der Waals surface area contributed by atoms with E-state index >= 15 is 0 Å². The van der Waals surface area contributed by atoms with Crippen LogP contribution in [-0.4, -0.2) is 19.3 Å². The Morgan fingerprint density at radius 3 is 2.76 bits per heavy atom. The lowest BCUT2D eigenvalue weighted by molar-refractivity contribution is 0.0679. The summed E-state index contributed by atoms with van der Waals surface area (Å²) in [4.78, 5) is 0. The van der Waals surface area contributed by atoms with Crippen molar-refractivity contribution in [2.24, 2.45) is 0 Å². The van der Waals surface area contributed by atoms with Crippen LogP contribution in [-0.2, 0) is 4.74 Å². The van der Waals surface area contributed by atoms with Gasteiger partial charge in [0, 0.05) is 6.61 Å². The SMILES string of the molecule is N#Cc1ccc(OCC2CCCO2)cc1C#N. The van der Waals surface area contributed by atoms with Crippen LogP contribution in [0.4, 0.5) is 0 Å². The lowest BCUT2D eigenvalue weighted by Gasteiger charge is -2.11. The molecule has 4 heteroatoms. The molecule has 17 heavy (non-hydrogen) atoms. The number of benzene rings is 1. The first-order chi connectivity index (χ1) is 8.33. The van der Waals surface area contributed by atoms with Crippen LogP contribution in [0.15, 0.2) is 18.2 Å². The van der Waals surface area contributed by atoms with Crippen molar-refractivity contribution in [1.29, 1.82) is 10.5 Å². The van der Waals surface area contributed by atoms with Crippen LogP contribution >= 0.6 is 0 Å². The molecule has 0 saturated carbocycles. The second-order valence-electron chi connectivity index (χ2n) is 3.88. The normalized spacial score (nSPS) is 18.4. The van der Waals surface area contributed by atoms with E-state index in [4.69, 9.17) is 20.0 Å². The molecule has 1 heterocycles. The first-order valence-electron chi connectivity index (χ1n) is 5.52. The summed E-state index contributed by atoms with van der Waals surface area (Å²) in [5, 5.41) is 17.7. The molecule has 0 radical (unpaired) electrons. The average Bonchev–Trinajstić information content (AvgIpc) is 2.89. The van der Waals surface area contributed by atoms with Crippen LogP contribution in [0, 0.1) is 22.7 Å². The van der Waals surface area contributed by atoms with Crippen molar-refractivity contribution in [2.75, 3.05) is 13.2 Å². The minimum atomic E-state index is 0.149. The third kappa shape index (κ3) is 2.75. The Labute approximate surface area is 100.0 Å². The molecule has 1 aromatic rings. The second-order valence-corrected chi connectivity index (χ2v) is 3.88. The molecule has 1 saturated heterocycles. The highest BCUT2D eigenvalue weighted by atomic mass is 16.5. The molecule has 1 aliphatic rings. The molecule has 2 rings (SSSR count). The molecule has 4 nitrogen and oxygen atoms in total. The van der Waals surface area contributed by atoms with E-state index < -0.39 is 0 Å². The van der Waals surface area contributed by atoms with Crippen LogP contribution in [0.25, 0.3) is 0 Å². The average molecular weight is 228 g/mol. The van der Waals surface area contributed by atoms with Crippen molar-refractivity contribution in [2.45, 2.75) is 18.9 Å². The topological polar surface area (TPSA) is 66.0 Å². The highest BCUT2D eigenvalue weighted by Gasteiger charge is 2.16. The molecule has 0 aliphatic carbocycles. The summed E-state index contributed by atoms with van der Waals surface area (Å²) >= 11 is 0. The van der Waals surface area contributed by atoms with Crippen LogP contribution < -0.4 is 4.74 Å². The van der Waals surface area contributed by atoms with Gasteiger partial charge < -0.3 is 9.47 Å². The van der Waals surface area contributed by atoms with E-state index in [2.05, 4.69) is 0 Å². The number of hydrogen-bond donors (Lipinski definition) is 0. The molecule has 1 atom stereocenters. The summed E-state index contributed by atoms with van der Waals surface area (Å²) in [6, 6.07) is 8.84. The predicted molar refractivity (Wildman–Crippen MR) is 60.3 cm³/mol. The zero-order chi connectivity index (χ0) is 12.1. The summed E-state index contributed by atoms with van der Waals surface area (Å²) in [6.07, 6.45) is 2.24. The van der Waals surface area contributed by atoms with Crippen molar-refractivity contribution in [1.82, 2.24) is 0 Å². The van der Waals surface area contributed by atoms with Gasteiger partial charge in [-0.3, -0.25) is 0 Å². The van der Waals surface area contributed by atoms with Gasteiger partial charge in [0.2, 0.25) is 0 Å². The summed E-state index contributed by atoms with van der Waals surface area (Å²) in [7, 11) is 0. The third-order valence-electron chi connectivity index (χ3n) is 2.69. The van der Waals surface area contributed by atoms with E-state index in [9.17, 15) is 0 Å². The Morgan fingerprint density at radius 2 is 2.12 bits per heavy atom. The van der Waals surface area contributed by atoms with E-state index in [1.54, 1.807) is 18.2 Å². The van der Waals surface area contributed by atoms with Crippen molar-refractivity contribution in [3.8, 4) is 17.9 Å². The molecule has 1 aliphatic heterocycles. The van der Waals surface area contributed by atoms with Crippen LogP contribution in [0.5, 0.6) is 5.75 Å². The van der Waals surface area contributed by atoms with Gasteiger partial charge in [-0.15, -0.1) is 0 Å².